The zero-order chi connectivity index (χ0) is 22.6. The van der Waals surface area contributed by atoms with E-state index in [0.717, 1.165) is 12.8 Å². The van der Waals surface area contributed by atoms with E-state index in [2.05, 4.69) is 6.08 Å². The first-order valence-corrected chi connectivity index (χ1v) is 11.9. The van der Waals surface area contributed by atoms with Gasteiger partial charge in [-0.05, 0) is 40.5 Å². The zero-order valence-electron chi connectivity index (χ0n) is 18.6. The molecule has 0 aromatic carbocycles. The number of thioether (sulfide) groups is 1. The minimum atomic E-state index is -0.866. The normalized spacial score (nSPS) is 37.8. The second kappa shape index (κ2) is 7.96. The number of likely N-dealkylation sites (tertiary alicyclic amines) is 1. The van der Waals surface area contributed by atoms with E-state index in [0.29, 0.717) is 13.2 Å². The lowest BCUT2D eigenvalue weighted by Crippen LogP contribution is -2.59. The molecular weight excluding hydrogens is 416 g/mol. The summed E-state index contributed by atoms with van der Waals surface area (Å²) in [5.41, 5.74) is -0.427. The summed E-state index contributed by atoms with van der Waals surface area (Å²) in [5, 5.41) is 9.67. The lowest BCUT2D eigenvalue weighted by molar-refractivity contribution is -0.153. The van der Waals surface area contributed by atoms with Crippen molar-refractivity contribution in [1.82, 2.24) is 9.80 Å². The highest BCUT2D eigenvalue weighted by molar-refractivity contribution is 8.02. The van der Waals surface area contributed by atoms with Crippen molar-refractivity contribution in [1.29, 1.82) is 0 Å². The Labute approximate surface area is 187 Å². The minimum Gasteiger partial charge on any atom is -0.465 e. The van der Waals surface area contributed by atoms with Crippen LogP contribution in [0.5, 0.6) is 0 Å². The maximum Gasteiger partial charge on any atom is 0.311 e. The molecule has 2 fully saturated rings. The molecule has 1 unspecified atom stereocenters. The summed E-state index contributed by atoms with van der Waals surface area (Å²) in [6.45, 7) is 8.20. The summed E-state index contributed by atoms with van der Waals surface area (Å²) in [7, 11) is 0. The van der Waals surface area contributed by atoms with Crippen LogP contribution in [0, 0.1) is 11.8 Å². The Kier molecular flexibility index (Phi) is 5.75. The van der Waals surface area contributed by atoms with E-state index in [1.54, 1.807) is 11.8 Å². The highest BCUT2D eigenvalue weighted by Gasteiger charge is 2.71. The average molecular weight is 449 g/mol. The highest BCUT2D eigenvalue weighted by atomic mass is 32.2. The third kappa shape index (κ3) is 3.42. The molecule has 0 bridgehead atoms. The summed E-state index contributed by atoms with van der Waals surface area (Å²) in [6, 6.07) is -1.30. The van der Waals surface area contributed by atoms with Gasteiger partial charge in [-0.2, -0.15) is 0 Å². The van der Waals surface area contributed by atoms with Gasteiger partial charge in [-0.15, -0.1) is 11.8 Å². The van der Waals surface area contributed by atoms with Gasteiger partial charge in [0.1, 0.15) is 6.04 Å². The lowest BCUT2D eigenvalue weighted by atomic mass is 9.78. The number of carbonyl (C=O) groups excluding carboxylic acids is 3. The Morgan fingerprint density at radius 1 is 1.26 bits per heavy atom. The van der Waals surface area contributed by atoms with Crippen LogP contribution in [-0.4, -0.2) is 80.1 Å². The molecule has 2 saturated heterocycles. The van der Waals surface area contributed by atoms with E-state index in [9.17, 15) is 19.5 Å². The summed E-state index contributed by atoms with van der Waals surface area (Å²) < 4.78 is 4.67. The molecule has 1 N–H and O–H groups in total. The topological polar surface area (TPSA) is 87.2 Å². The second-order valence-electron chi connectivity index (χ2n) is 9.88. The molecule has 0 saturated carbocycles. The van der Waals surface area contributed by atoms with Crippen molar-refractivity contribution in [3.8, 4) is 0 Å². The van der Waals surface area contributed by atoms with Crippen LogP contribution in [0.25, 0.3) is 0 Å². The van der Waals surface area contributed by atoms with Crippen LogP contribution < -0.4 is 0 Å². The molecule has 6 atom stereocenters. The average Bonchev–Trinajstić information content (AvgIpc) is 3.11. The van der Waals surface area contributed by atoms with Crippen molar-refractivity contribution in [2.45, 2.75) is 68.2 Å². The number of fused-ring (bicyclic) bond motifs is 2. The number of amides is 2. The van der Waals surface area contributed by atoms with Crippen LogP contribution in [-0.2, 0) is 19.1 Å². The van der Waals surface area contributed by atoms with Gasteiger partial charge in [-0.3, -0.25) is 14.4 Å². The van der Waals surface area contributed by atoms with E-state index >= 15 is 0 Å². The molecule has 8 heteroatoms. The van der Waals surface area contributed by atoms with Crippen LogP contribution in [0.15, 0.2) is 24.3 Å². The van der Waals surface area contributed by atoms with Crippen molar-refractivity contribution in [3.05, 3.63) is 24.3 Å². The molecule has 0 aromatic rings. The number of cyclic esters (lactones) is 1. The van der Waals surface area contributed by atoms with E-state index in [1.807, 2.05) is 39.0 Å². The molecule has 0 radical (unpaired) electrons. The first-order chi connectivity index (χ1) is 14.6. The minimum absolute atomic E-state index is 0.134. The maximum atomic E-state index is 13.9. The molecule has 1 spiro atoms. The largest absolute Gasteiger partial charge is 0.465 e. The number of hydrogen-bond donors (Lipinski definition) is 1. The van der Waals surface area contributed by atoms with Gasteiger partial charge in [0, 0.05) is 17.3 Å². The van der Waals surface area contributed by atoms with Crippen LogP contribution in [0.3, 0.4) is 0 Å². The number of aliphatic hydroxyl groups is 1. The van der Waals surface area contributed by atoms with Gasteiger partial charge in [0.2, 0.25) is 11.8 Å². The molecule has 0 aromatic heterocycles. The first-order valence-electron chi connectivity index (χ1n) is 11.1. The second-order valence-corrected chi connectivity index (χ2v) is 11.4. The molecule has 4 aliphatic rings. The Balaban J connectivity index is 1.87. The number of esters is 1. The maximum absolute atomic E-state index is 13.9. The number of nitrogens with zero attached hydrogens (tertiary/aromatic N) is 2. The molecule has 4 heterocycles. The summed E-state index contributed by atoms with van der Waals surface area (Å²) in [6.07, 6.45) is 9.59. The predicted octanol–water partition coefficient (Wildman–Crippen LogP) is 1.75. The van der Waals surface area contributed by atoms with E-state index < -0.39 is 34.2 Å². The van der Waals surface area contributed by atoms with Crippen LogP contribution in [0.2, 0.25) is 0 Å². The van der Waals surface area contributed by atoms with Gasteiger partial charge in [0.15, 0.2) is 0 Å². The highest BCUT2D eigenvalue weighted by Crippen LogP contribution is 2.61. The summed E-state index contributed by atoms with van der Waals surface area (Å²) in [5.74, 6) is -2.09. The Hall–Kier alpha value is -1.80. The van der Waals surface area contributed by atoms with Gasteiger partial charge in [-0.25, -0.2) is 0 Å². The van der Waals surface area contributed by atoms with Crippen molar-refractivity contribution in [2.24, 2.45) is 11.8 Å². The molecular formula is C23H32N2O5S. The predicted molar refractivity (Wildman–Crippen MR) is 118 cm³/mol. The molecule has 2 amide bonds. The molecule has 0 aliphatic carbocycles. The van der Waals surface area contributed by atoms with Gasteiger partial charge >= 0.3 is 5.97 Å². The SMILES string of the molecule is C[C@H](CO)N1C(=O)[C@@H]2[C@@H]3C(=O)OCCC/C=C\[C@@H]3S[C@@]23C=CCN(C(C)(C)C)C(=O)C13. The van der Waals surface area contributed by atoms with Crippen molar-refractivity contribution in [3.63, 3.8) is 0 Å². The van der Waals surface area contributed by atoms with Gasteiger partial charge < -0.3 is 19.6 Å². The van der Waals surface area contributed by atoms with Gasteiger partial charge in [-0.1, -0.05) is 24.3 Å². The fraction of sp³-hybridized carbons (Fsp3) is 0.696. The Morgan fingerprint density at radius 3 is 2.68 bits per heavy atom. The van der Waals surface area contributed by atoms with E-state index in [4.69, 9.17) is 4.74 Å². The number of allylic oxidation sites excluding steroid dienone is 1. The summed E-state index contributed by atoms with van der Waals surface area (Å²) in [4.78, 5) is 44.2. The fourth-order valence-electron chi connectivity index (χ4n) is 5.36. The van der Waals surface area contributed by atoms with E-state index in [-0.39, 0.29) is 29.6 Å². The number of aliphatic hydroxyl groups excluding tert-OH is 1. The molecule has 170 valence electrons. The standard InChI is InChI=1S/C23H32N2O5S/c1-14(13-26)25-18-20(28)24(22(2,3)4)11-8-10-23(18)17(19(25)27)16-15(31-23)9-6-5-7-12-30-21(16)29/h6,8-10,14-18,26H,5,7,11-13H2,1-4H3/b9-6-/t14-,15+,16-,17+,18?,23+/m1/s1. The Morgan fingerprint density at radius 2 is 2.00 bits per heavy atom. The quantitative estimate of drug-likeness (QED) is 0.512. The zero-order valence-corrected chi connectivity index (χ0v) is 19.4. The number of hydrogen-bond acceptors (Lipinski definition) is 6. The van der Waals surface area contributed by atoms with Crippen molar-refractivity contribution in [2.75, 3.05) is 19.8 Å². The van der Waals surface area contributed by atoms with Gasteiger partial charge in [0.25, 0.3) is 0 Å². The number of ether oxygens (including phenoxy) is 1. The van der Waals surface area contributed by atoms with Crippen molar-refractivity contribution >= 4 is 29.5 Å². The number of rotatable bonds is 2. The smallest absolute Gasteiger partial charge is 0.311 e. The molecule has 7 nitrogen and oxygen atoms in total. The molecule has 31 heavy (non-hydrogen) atoms. The molecule has 4 rings (SSSR count). The van der Waals surface area contributed by atoms with Crippen LogP contribution >= 0.6 is 11.8 Å². The fourth-order valence-corrected chi connectivity index (χ4v) is 7.35. The van der Waals surface area contributed by atoms with Gasteiger partial charge in [0.05, 0.1) is 35.8 Å². The third-order valence-corrected chi connectivity index (χ3v) is 8.58. The monoisotopic (exact) mass is 448 g/mol. The number of carbonyl (C=O) groups is 3. The Bertz CT molecular complexity index is 834. The van der Waals surface area contributed by atoms with Crippen LogP contribution in [0.4, 0.5) is 0 Å². The van der Waals surface area contributed by atoms with Crippen molar-refractivity contribution < 1.29 is 24.2 Å². The van der Waals surface area contributed by atoms with E-state index in [1.165, 1.54) is 16.7 Å². The summed E-state index contributed by atoms with van der Waals surface area (Å²) >= 11 is 1.53. The molecule has 4 aliphatic heterocycles. The van der Waals surface area contributed by atoms with Crippen LogP contribution in [0.1, 0.15) is 40.5 Å². The lowest BCUT2D eigenvalue weighted by Gasteiger charge is -2.41. The first kappa shape index (κ1) is 22.4. The third-order valence-electron chi connectivity index (χ3n) is 6.84.